The molecule has 1 aromatic rings. The van der Waals surface area contributed by atoms with Crippen molar-refractivity contribution in [2.75, 3.05) is 19.7 Å². The molecule has 1 aromatic carbocycles. The fourth-order valence-electron chi connectivity index (χ4n) is 3.23. The first-order chi connectivity index (χ1) is 10.8. The monoisotopic (exact) mass is 300 g/mol. The predicted octanol–water partition coefficient (Wildman–Crippen LogP) is 3.09. The van der Waals surface area contributed by atoms with Gasteiger partial charge in [-0.05, 0) is 24.8 Å². The Morgan fingerprint density at radius 1 is 1.23 bits per heavy atom. The van der Waals surface area contributed by atoms with E-state index in [0.717, 1.165) is 58.3 Å². The molecule has 3 rings (SSSR count). The second-order valence-corrected chi connectivity index (χ2v) is 6.28. The van der Waals surface area contributed by atoms with E-state index in [9.17, 15) is 5.26 Å². The van der Waals surface area contributed by atoms with E-state index in [1.807, 2.05) is 6.07 Å². The second kappa shape index (κ2) is 7.23. The highest BCUT2D eigenvalue weighted by Gasteiger charge is 2.38. The molecule has 0 aromatic heterocycles. The SMILES string of the molecule is N#CC1(OC2CCCCO2)CCN(Cc2ccccc2)CC1. The Hall–Kier alpha value is -1.41. The van der Waals surface area contributed by atoms with E-state index in [2.05, 4.69) is 35.2 Å². The zero-order chi connectivity index (χ0) is 15.3. The molecule has 4 nitrogen and oxygen atoms in total. The molecule has 2 aliphatic rings. The van der Waals surface area contributed by atoms with Crippen LogP contribution in [0, 0.1) is 11.3 Å². The van der Waals surface area contributed by atoms with Crippen molar-refractivity contribution >= 4 is 0 Å². The predicted molar refractivity (Wildman–Crippen MR) is 84.0 cm³/mol. The van der Waals surface area contributed by atoms with E-state index >= 15 is 0 Å². The molecule has 2 fully saturated rings. The number of nitriles is 1. The quantitative estimate of drug-likeness (QED) is 0.857. The summed E-state index contributed by atoms with van der Waals surface area (Å²) in [4.78, 5) is 2.40. The third-order valence-electron chi connectivity index (χ3n) is 4.61. The van der Waals surface area contributed by atoms with Gasteiger partial charge in [-0.25, -0.2) is 0 Å². The number of ether oxygens (including phenoxy) is 2. The van der Waals surface area contributed by atoms with Gasteiger partial charge in [0.15, 0.2) is 11.9 Å². The van der Waals surface area contributed by atoms with Gasteiger partial charge in [0.25, 0.3) is 0 Å². The molecule has 0 saturated carbocycles. The van der Waals surface area contributed by atoms with E-state index in [1.165, 1.54) is 5.56 Å². The van der Waals surface area contributed by atoms with Gasteiger partial charge < -0.3 is 9.47 Å². The number of benzene rings is 1. The van der Waals surface area contributed by atoms with Gasteiger partial charge in [0.2, 0.25) is 0 Å². The van der Waals surface area contributed by atoms with Crippen LogP contribution in [-0.2, 0) is 16.0 Å². The molecule has 22 heavy (non-hydrogen) atoms. The molecule has 0 bridgehead atoms. The molecule has 2 aliphatic heterocycles. The molecule has 4 heteroatoms. The average Bonchev–Trinajstić information content (AvgIpc) is 2.59. The Morgan fingerprint density at radius 3 is 2.64 bits per heavy atom. The van der Waals surface area contributed by atoms with Crippen molar-refractivity contribution in [3.63, 3.8) is 0 Å². The molecule has 0 amide bonds. The minimum Gasteiger partial charge on any atom is -0.353 e. The van der Waals surface area contributed by atoms with Gasteiger partial charge in [-0.1, -0.05) is 30.3 Å². The van der Waals surface area contributed by atoms with Gasteiger partial charge in [-0.3, -0.25) is 4.90 Å². The van der Waals surface area contributed by atoms with E-state index in [4.69, 9.17) is 9.47 Å². The fraction of sp³-hybridized carbons (Fsp3) is 0.611. The van der Waals surface area contributed by atoms with Crippen LogP contribution in [0.15, 0.2) is 30.3 Å². The lowest BCUT2D eigenvalue weighted by molar-refractivity contribution is -0.218. The van der Waals surface area contributed by atoms with Gasteiger partial charge in [-0.2, -0.15) is 5.26 Å². The number of likely N-dealkylation sites (tertiary alicyclic amines) is 1. The summed E-state index contributed by atoms with van der Waals surface area (Å²) in [6.45, 7) is 3.50. The van der Waals surface area contributed by atoms with Gasteiger partial charge in [0, 0.05) is 39.1 Å². The maximum absolute atomic E-state index is 9.60. The first kappa shape index (κ1) is 15.5. The molecule has 118 valence electrons. The molecule has 1 atom stereocenters. The Kier molecular flexibility index (Phi) is 5.09. The summed E-state index contributed by atoms with van der Waals surface area (Å²) in [6.07, 6.45) is 4.48. The molecular weight excluding hydrogens is 276 g/mol. The average molecular weight is 300 g/mol. The zero-order valence-corrected chi connectivity index (χ0v) is 13.0. The van der Waals surface area contributed by atoms with Gasteiger partial charge in [0.1, 0.15) is 0 Å². The highest BCUT2D eigenvalue weighted by Crippen LogP contribution is 2.30. The van der Waals surface area contributed by atoms with Crippen molar-refractivity contribution < 1.29 is 9.47 Å². The lowest BCUT2D eigenvalue weighted by atomic mass is 9.92. The highest BCUT2D eigenvalue weighted by atomic mass is 16.7. The Morgan fingerprint density at radius 2 is 2.00 bits per heavy atom. The van der Waals surface area contributed by atoms with Gasteiger partial charge >= 0.3 is 0 Å². The van der Waals surface area contributed by atoms with Crippen LogP contribution in [0.5, 0.6) is 0 Å². The molecule has 0 aliphatic carbocycles. The van der Waals surface area contributed by atoms with Gasteiger partial charge in [0.05, 0.1) is 6.07 Å². The van der Waals surface area contributed by atoms with Crippen LogP contribution in [0.2, 0.25) is 0 Å². The minimum atomic E-state index is -0.658. The van der Waals surface area contributed by atoms with E-state index < -0.39 is 5.60 Å². The van der Waals surface area contributed by atoms with Crippen LogP contribution in [0.25, 0.3) is 0 Å². The van der Waals surface area contributed by atoms with Crippen molar-refractivity contribution in [2.24, 2.45) is 0 Å². The van der Waals surface area contributed by atoms with Crippen LogP contribution in [0.3, 0.4) is 0 Å². The largest absolute Gasteiger partial charge is 0.353 e. The number of nitrogens with zero attached hydrogens (tertiary/aromatic N) is 2. The molecule has 1 unspecified atom stereocenters. The van der Waals surface area contributed by atoms with E-state index in [1.54, 1.807) is 0 Å². The van der Waals surface area contributed by atoms with Crippen molar-refractivity contribution in [2.45, 2.75) is 50.5 Å². The lowest BCUT2D eigenvalue weighted by Gasteiger charge is -2.39. The molecule has 0 radical (unpaired) electrons. The zero-order valence-electron chi connectivity index (χ0n) is 13.0. The lowest BCUT2D eigenvalue weighted by Crippen LogP contribution is -2.47. The maximum atomic E-state index is 9.60. The Balaban J connectivity index is 1.53. The summed E-state index contributed by atoms with van der Waals surface area (Å²) in [5.74, 6) is 0. The van der Waals surface area contributed by atoms with Crippen LogP contribution < -0.4 is 0 Å². The number of piperidine rings is 1. The van der Waals surface area contributed by atoms with Crippen molar-refractivity contribution in [3.8, 4) is 6.07 Å². The van der Waals surface area contributed by atoms with Crippen LogP contribution in [0.4, 0.5) is 0 Å². The molecule has 2 saturated heterocycles. The normalized spacial score (nSPS) is 25.5. The van der Waals surface area contributed by atoms with Crippen molar-refractivity contribution in [1.29, 1.82) is 5.26 Å². The number of hydrogen-bond donors (Lipinski definition) is 0. The standard InChI is InChI=1S/C18H24N2O2/c19-15-18(22-17-8-4-5-13-21-17)9-11-20(12-10-18)14-16-6-2-1-3-7-16/h1-3,6-7,17H,4-5,8-14H2. The minimum absolute atomic E-state index is 0.186. The first-order valence-corrected chi connectivity index (χ1v) is 8.27. The third-order valence-corrected chi connectivity index (χ3v) is 4.61. The van der Waals surface area contributed by atoms with Crippen LogP contribution in [-0.4, -0.2) is 36.5 Å². The Labute approximate surface area is 132 Å². The Bertz CT molecular complexity index is 498. The summed E-state index contributed by atoms with van der Waals surface area (Å²) in [7, 11) is 0. The smallest absolute Gasteiger partial charge is 0.159 e. The second-order valence-electron chi connectivity index (χ2n) is 6.28. The van der Waals surface area contributed by atoms with Gasteiger partial charge in [-0.15, -0.1) is 0 Å². The highest BCUT2D eigenvalue weighted by molar-refractivity contribution is 5.15. The molecule has 0 N–H and O–H groups in total. The maximum Gasteiger partial charge on any atom is 0.159 e. The van der Waals surface area contributed by atoms with Crippen molar-refractivity contribution in [3.05, 3.63) is 35.9 Å². The summed E-state index contributed by atoms with van der Waals surface area (Å²) in [6, 6.07) is 12.9. The topological polar surface area (TPSA) is 45.5 Å². The number of rotatable bonds is 4. The van der Waals surface area contributed by atoms with E-state index in [0.29, 0.717) is 0 Å². The summed E-state index contributed by atoms with van der Waals surface area (Å²) >= 11 is 0. The summed E-state index contributed by atoms with van der Waals surface area (Å²) in [5.41, 5.74) is 0.665. The van der Waals surface area contributed by atoms with Crippen LogP contribution >= 0.6 is 0 Å². The number of hydrogen-bond acceptors (Lipinski definition) is 4. The summed E-state index contributed by atoms with van der Waals surface area (Å²) < 4.78 is 11.7. The van der Waals surface area contributed by atoms with Crippen molar-refractivity contribution in [1.82, 2.24) is 4.90 Å². The summed E-state index contributed by atoms with van der Waals surface area (Å²) in [5, 5.41) is 9.60. The molecule has 2 heterocycles. The van der Waals surface area contributed by atoms with Crippen LogP contribution in [0.1, 0.15) is 37.7 Å². The van der Waals surface area contributed by atoms with E-state index in [-0.39, 0.29) is 6.29 Å². The molecular formula is C18H24N2O2. The molecule has 0 spiro atoms. The fourth-order valence-corrected chi connectivity index (χ4v) is 3.23. The first-order valence-electron chi connectivity index (χ1n) is 8.27. The third kappa shape index (κ3) is 3.86.